The van der Waals surface area contributed by atoms with Gasteiger partial charge in [-0.3, -0.25) is 14.6 Å². The molecule has 2 aliphatic heterocycles. The summed E-state index contributed by atoms with van der Waals surface area (Å²) in [5.74, 6) is 0.924. The molecule has 2 aromatic carbocycles. The molecule has 0 radical (unpaired) electrons. The van der Waals surface area contributed by atoms with Gasteiger partial charge in [0.05, 0.1) is 49.8 Å². The molecule has 0 spiro atoms. The molecule has 8 nitrogen and oxygen atoms in total. The van der Waals surface area contributed by atoms with Crippen LogP contribution in [0.15, 0.2) is 71.8 Å². The largest absolute Gasteiger partial charge is 1.00 e. The second-order valence-corrected chi connectivity index (χ2v) is 11.9. The van der Waals surface area contributed by atoms with Gasteiger partial charge < -0.3 is 29.7 Å². The number of likely N-dealkylation sites (tertiary alicyclic amines) is 1. The van der Waals surface area contributed by atoms with Gasteiger partial charge in [-0.05, 0) is 42.7 Å². The zero-order chi connectivity index (χ0) is 28.0. The van der Waals surface area contributed by atoms with Crippen LogP contribution in [0, 0.1) is 0 Å². The molecule has 2 unspecified atom stereocenters. The number of nitrogens with one attached hydrogen (secondary N) is 2. The average molecular weight is 645 g/mol. The number of benzene rings is 2. The highest BCUT2D eigenvalue weighted by molar-refractivity contribution is 6.30. The van der Waals surface area contributed by atoms with E-state index in [1.54, 1.807) is 4.90 Å². The molecule has 2 saturated heterocycles. The van der Waals surface area contributed by atoms with E-state index in [-0.39, 0.29) is 36.4 Å². The minimum absolute atomic E-state index is 0. The summed E-state index contributed by atoms with van der Waals surface area (Å²) in [4.78, 5) is 28.1. The summed E-state index contributed by atoms with van der Waals surface area (Å²) in [6.07, 6.45) is 8.66. The number of aromatic nitrogens is 4. The van der Waals surface area contributed by atoms with Crippen LogP contribution in [-0.2, 0) is 6.42 Å². The van der Waals surface area contributed by atoms with Crippen LogP contribution in [-0.4, -0.2) is 77.0 Å². The summed E-state index contributed by atoms with van der Waals surface area (Å²) in [6, 6.07) is 17.9. The number of halogens is 3. The van der Waals surface area contributed by atoms with E-state index in [9.17, 15) is 4.79 Å². The third-order valence-electron chi connectivity index (χ3n) is 8.78. The van der Waals surface area contributed by atoms with Crippen LogP contribution in [0.5, 0.6) is 0 Å². The molecule has 0 bridgehead atoms. The van der Waals surface area contributed by atoms with E-state index in [4.69, 9.17) is 16.7 Å². The average Bonchev–Trinajstić information content (AvgIpc) is 3.26. The van der Waals surface area contributed by atoms with Gasteiger partial charge in [-0.15, -0.1) is 0 Å². The highest BCUT2D eigenvalue weighted by Gasteiger charge is 2.26. The smallest absolute Gasteiger partial charge is 0.327 e. The standard InChI is InChI=1S/C32H38ClN7O.2ClH/c33-26-11-9-25(10-12-26)24-30-28-7-1-2-8-29(28)31(41)40(36-30)27-6-3-16-37(19-13-27)17-5-18-38-20-22-39(23-21-38)32-34-14-4-15-35-32;;/h1-2,4,7-12,14-15,27H,3,5-6,13,16-24H2;2*1H. The van der Waals surface area contributed by atoms with Crippen molar-refractivity contribution in [1.82, 2.24) is 24.6 Å². The molecule has 2 aliphatic rings. The Morgan fingerprint density at radius 3 is 2.33 bits per heavy atom. The lowest BCUT2D eigenvalue weighted by Crippen LogP contribution is -3.12. The number of fused-ring (bicyclic) bond motifs is 1. The Hall–Kier alpha value is -2.59. The van der Waals surface area contributed by atoms with Crippen molar-refractivity contribution in [3.8, 4) is 0 Å². The third kappa shape index (κ3) is 8.32. The molecule has 0 saturated carbocycles. The predicted molar refractivity (Wildman–Crippen MR) is 162 cm³/mol. The van der Waals surface area contributed by atoms with Gasteiger partial charge in [0.15, 0.2) is 0 Å². The topological polar surface area (TPSA) is 72.8 Å². The van der Waals surface area contributed by atoms with Crippen LogP contribution >= 0.6 is 11.6 Å². The number of hydrogen-bond acceptors (Lipinski definition) is 5. The Labute approximate surface area is 270 Å². The van der Waals surface area contributed by atoms with Crippen molar-refractivity contribution in [2.45, 2.75) is 38.1 Å². The van der Waals surface area contributed by atoms with Gasteiger partial charge in [-0.1, -0.05) is 41.9 Å². The van der Waals surface area contributed by atoms with Crippen molar-refractivity contribution in [3.05, 3.63) is 93.6 Å². The number of rotatable bonds is 8. The first-order valence-corrected chi connectivity index (χ1v) is 15.4. The number of piperazine rings is 1. The highest BCUT2D eigenvalue weighted by Crippen LogP contribution is 2.22. The summed E-state index contributed by atoms with van der Waals surface area (Å²) in [5, 5.41) is 7.44. The van der Waals surface area contributed by atoms with Gasteiger partial charge in [-0.2, -0.15) is 15.1 Å². The lowest BCUT2D eigenvalue weighted by Gasteiger charge is -2.30. The van der Waals surface area contributed by atoms with Crippen LogP contribution in [0.25, 0.3) is 10.8 Å². The van der Waals surface area contributed by atoms with E-state index in [0.717, 1.165) is 91.5 Å². The SMILES string of the molecule is O=c1c2ccccc2c(Cc2ccc(Cl)cc2)nn1C1CCC[NH+](CCCN2CC[NH+](c3ncccn3)CC2)CC1.[Cl-].[Cl-]. The summed E-state index contributed by atoms with van der Waals surface area (Å²) in [5.41, 5.74) is 2.14. The van der Waals surface area contributed by atoms with Crippen LogP contribution in [0.2, 0.25) is 5.02 Å². The molecule has 0 aliphatic carbocycles. The van der Waals surface area contributed by atoms with Crippen molar-refractivity contribution in [3.63, 3.8) is 0 Å². The van der Waals surface area contributed by atoms with Gasteiger partial charge in [0.2, 0.25) is 0 Å². The molecule has 4 aromatic rings. The fourth-order valence-electron chi connectivity index (χ4n) is 6.47. The third-order valence-corrected chi connectivity index (χ3v) is 9.03. The van der Waals surface area contributed by atoms with Crippen LogP contribution in [0.3, 0.4) is 0 Å². The molecule has 2 atom stereocenters. The quantitative estimate of drug-likeness (QED) is 0.205. The lowest BCUT2D eigenvalue weighted by atomic mass is 10.0. The van der Waals surface area contributed by atoms with E-state index in [1.807, 2.05) is 71.7 Å². The fraction of sp³-hybridized carbons (Fsp3) is 0.438. The molecule has 4 heterocycles. The van der Waals surface area contributed by atoms with E-state index in [1.165, 1.54) is 24.4 Å². The Morgan fingerprint density at radius 1 is 0.860 bits per heavy atom. The van der Waals surface area contributed by atoms with Crippen molar-refractivity contribution >= 4 is 28.3 Å². The maximum absolute atomic E-state index is 13.6. The Morgan fingerprint density at radius 2 is 1.58 bits per heavy atom. The van der Waals surface area contributed by atoms with Crippen LogP contribution in [0.1, 0.15) is 43.0 Å². The first-order chi connectivity index (χ1) is 20.1. The van der Waals surface area contributed by atoms with Gasteiger partial charge in [0.1, 0.15) is 0 Å². The second-order valence-electron chi connectivity index (χ2n) is 11.5. The van der Waals surface area contributed by atoms with E-state index >= 15 is 0 Å². The molecular weight excluding hydrogens is 605 g/mol. The van der Waals surface area contributed by atoms with E-state index < -0.39 is 0 Å². The normalized spacial score (nSPS) is 19.7. The summed E-state index contributed by atoms with van der Waals surface area (Å²) in [6.45, 7) is 8.91. The minimum atomic E-state index is 0. The number of hydrogen-bond donors (Lipinski definition) is 2. The van der Waals surface area contributed by atoms with Gasteiger partial charge in [-0.25, -0.2) is 4.68 Å². The Kier molecular flexibility index (Phi) is 12.3. The summed E-state index contributed by atoms with van der Waals surface area (Å²) in [7, 11) is 0. The molecule has 2 aromatic heterocycles. The fourth-order valence-corrected chi connectivity index (χ4v) is 6.60. The second kappa shape index (κ2) is 15.9. The molecule has 6 rings (SSSR count). The lowest BCUT2D eigenvalue weighted by molar-refractivity contribution is -0.899. The Balaban J connectivity index is 0.00000212. The van der Waals surface area contributed by atoms with Crippen LogP contribution in [0.4, 0.5) is 5.95 Å². The maximum Gasteiger partial charge on any atom is 0.327 e. The molecular formula is C32H40Cl3N7O. The van der Waals surface area contributed by atoms with E-state index in [2.05, 4.69) is 14.9 Å². The van der Waals surface area contributed by atoms with E-state index in [0.29, 0.717) is 6.42 Å². The molecule has 2 N–H and O–H groups in total. The van der Waals surface area contributed by atoms with Gasteiger partial charge in [0, 0.05) is 61.7 Å². The van der Waals surface area contributed by atoms with Gasteiger partial charge >= 0.3 is 5.95 Å². The molecule has 11 heteroatoms. The van der Waals surface area contributed by atoms with Crippen molar-refractivity contribution < 1.29 is 34.6 Å². The predicted octanol–water partition coefficient (Wildman–Crippen LogP) is -4.03. The zero-order valence-corrected chi connectivity index (χ0v) is 26.7. The number of quaternary nitrogens is 2. The summed E-state index contributed by atoms with van der Waals surface area (Å²) >= 11 is 6.11. The highest BCUT2D eigenvalue weighted by atomic mass is 35.5. The minimum Gasteiger partial charge on any atom is -1.00 e. The van der Waals surface area contributed by atoms with Crippen molar-refractivity contribution in [1.29, 1.82) is 0 Å². The maximum atomic E-state index is 13.6. The molecule has 230 valence electrons. The van der Waals surface area contributed by atoms with Crippen molar-refractivity contribution in [2.24, 2.45) is 0 Å². The monoisotopic (exact) mass is 643 g/mol. The Bertz CT molecular complexity index is 1490. The van der Waals surface area contributed by atoms with Crippen LogP contribution < -0.4 is 40.2 Å². The number of nitrogens with zero attached hydrogens (tertiary/aromatic N) is 5. The van der Waals surface area contributed by atoms with Gasteiger partial charge in [0.25, 0.3) is 5.56 Å². The van der Waals surface area contributed by atoms with Crippen molar-refractivity contribution in [2.75, 3.05) is 52.4 Å². The zero-order valence-electron chi connectivity index (χ0n) is 24.4. The molecule has 43 heavy (non-hydrogen) atoms. The first kappa shape index (κ1) is 33.3. The molecule has 0 amide bonds. The summed E-state index contributed by atoms with van der Waals surface area (Å²) < 4.78 is 1.81. The molecule has 2 fully saturated rings. The first-order valence-electron chi connectivity index (χ1n) is 15.1.